The summed E-state index contributed by atoms with van der Waals surface area (Å²) in [4.78, 5) is 24.1. The molecule has 1 heterocycles. The van der Waals surface area contributed by atoms with Gasteiger partial charge in [-0.2, -0.15) is 0 Å². The van der Waals surface area contributed by atoms with Gasteiger partial charge in [0.2, 0.25) is 0 Å². The van der Waals surface area contributed by atoms with Gasteiger partial charge in [0, 0.05) is 19.2 Å². The van der Waals surface area contributed by atoms with Crippen molar-refractivity contribution in [3.05, 3.63) is 33.9 Å². The zero-order chi connectivity index (χ0) is 14.0. The molecule has 0 radical (unpaired) electrons. The van der Waals surface area contributed by atoms with Crippen LogP contribution in [-0.4, -0.2) is 35.4 Å². The van der Waals surface area contributed by atoms with Crippen LogP contribution < -0.4 is 11.5 Å². The molecule has 1 amide bonds. The first-order valence-electron chi connectivity index (χ1n) is 6.06. The quantitative estimate of drug-likeness (QED) is 0.491. The van der Waals surface area contributed by atoms with E-state index in [0.717, 1.165) is 6.42 Å². The Balaban J connectivity index is 0.00000200. The standard InChI is InChI=1S/C12H16N4O3.ClH/c13-6-8-4-5-15(7-8)12(17)9-2-1-3-10(11(9)14)16(18)19;/h1-3,8H,4-7,13-14H2;1H. The molecule has 1 aliphatic heterocycles. The summed E-state index contributed by atoms with van der Waals surface area (Å²) in [6.07, 6.45) is 0.858. The van der Waals surface area contributed by atoms with Crippen LogP contribution in [0.2, 0.25) is 0 Å². The van der Waals surface area contributed by atoms with E-state index in [0.29, 0.717) is 25.6 Å². The summed E-state index contributed by atoms with van der Waals surface area (Å²) >= 11 is 0. The highest BCUT2D eigenvalue weighted by Crippen LogP contribution is 2.27. The minimum atomic E-state index is -0.585. The number of anilines is 1. The first-order valence-corrected chi connectivity index (χ1v) is 6.06. The number of benzene rings is 1. The number of amides is 1. The Morgan fingerprint density at radius 1 is 1.50 bits per heavy atom. The third-order valence-electron chi connectivity index (χ3n) is 3.42. The molecule has 0 aliphatic carbocycles. The Morgan fingerprint density at radius 3 is 2.75 bits per heavy atom. The van der Waals surface area contributed by atoms with Gasteiger partial charge in [-0.25, -0.2) is 0 Å². The van der Waals surface area contributed by atoms with Crippen LogP contribution in [0.15, 0.2) is 18.2 Å². The molecule has 1 aromatic rings. The number of halogens is 1. The van der Waals surface area contributed by atoms with E-state index < -0.39 is 4.92 Å². The number of hydrogen-bond acceptors (Lipinski definition) is 5. The van der Waals surface area contributed by atoms with E-state index in [1.54, 1.807) is 4.90 Å². The zero-order valence-electron chi connectivity index (χ0n) is 10.8. The lowest BCUT2D eigenvalue weighted by molar-refractivity contribution is -0.383. The lowest BCUT2D eigenvalue weighted by Gasteiger charge is -2.17. The summed E-state index contributed by atoms with van der Waals surface area (Å²) in [5.41, 5.74) is 11.2. The lowest BCUT2D eigenvalue weighted by atomic mass is 10.1. The van der Waals surface area contributed by atoms with Gasteiger partial charge in [0.25, 0.3) is 11.6 Å². The third-order valence-corrected chi connectivity index (χ3v) is 3.42. The number of rotatable bonds is 3. The van der Waals surface area contributed by atoms with E-state index in [-0.39, 0.29) is 35.3 Å². The first kappa shape index (κ1) is 16.2. The van der Waals surface area contributed by atoms with Gasteiger partial charge in [0.15, 0.2) is 0 Å². The van der Waals surface area contributed by atoms with Gasteiger partial charge in [0.1, 0.15) is 5.69 Å². The largest absolute Gasteiger partial charge is 0.393 e. The van der Waals surface area contributed by atoms with Crippen molar-refractivity contribution in [2.45, 2.75) is 6.42 Å². The maximum atomic E-state index is 12.3. The third kappa shape index (κ3) is 3.00. The van der Waals surface area contributed by atoms with E-state index >= 15 is 0 Å². The number of carbonyl (C=O) groups excluding carboxylic acids is 1. The molecule has 0 bridgehead atoms. The number of hydrogen-bond donors (Lipinski definition) is 2. The molecule has 1 atom stereocenters. The summed E-state index contributed by atoms with van der Waals surface area (Å²) in [5.74, 6) is 0.0287. The van der Waals surface area contributed by atoms with Gasteiger partial charge in [-0.15, -0.1) is 12.4 Å². The fourth-order valence-corrected chi connectivity index (χ4v) is 2.28. The first-order chi connectivity index (χ1) is 9.04. The molecule has 0 saturated carbocycles. The number of para-hydroxylation sites is 1. The average Bonchev–Trinajstić information content (AvgIpc) is 2.86. The SMILES string of the molecule is Cl.NCC1CCN(C(=O)c2cccc([N+](=O)[O-])c2N)C1. The molecule has 0 spiro atoms. The molecular formula is C12H17ClN4O3. The van der Waals surface area contributed by atoms with Crippen LogP contribution in [0.1, 0.15) is 16.8 Å². The number of nitrogens with two attached hydrogens (primary N) is 2. The predicted octanol–water partition coefficient (Wildman–Crippen LogP) is 1.02. The van der Waals surface area contributed by atoms with Gasteiger partial charge < -0.3 is 16.4 Å². The van der Waals surface area contributed by atoms with E-state index in [4.69, 9.17) is 11.5 Å². The van der Waals surface area contributed by atoms with Gasteiger partial charge in [-0.3, -0.25) is 14.9 Å². The molecule has 110 valence electrons. The second-order valence-electron chi connectivity index (χ2n) is 4.64. The van der Waals surface area contributed by atoms with Crippen LogP contribution in [0, 0.1) is 16.0 Å². The molecule has 1 aromatic carbocycles. The molecular weight excluding hydrogens is 284 g/mol. The molecule has 0 aromatic heterocycles. The maximum Gasteiger partial charge on any atom is 0.292 e. The summed E-state index contributed by atoms with van der Waals surface area (Å²) in [5, 5.41) is 10.8. The Labute approximate surface area is 122 Å². The van der Waals surface area contributed by atoms with E-state index in [1.165, 1.54) is 18.2 Å². The zero-order valence-corrected chi connectivity index (χ0v) is 11.6. The Bertz CT molecular complexity index is 523. The van der Waals surface area contributed by atoms with E-state index in [2.05, 4.69) is 0 Å². The van der Waals surface area contributed by atoms with Crippen LogP contribution >= 0.6 is 12.4 Å². The topological polar surface area (TPSA) is 115 Å². The second kappa shape index (κ2) is 6.53. The van der Waals surface area contributed by atoms with Gasteiger partial charge in [0.05, 0.1) is 10.5 Å². The second-order valence-corrected chi connectivity index (χ2v) is 4.64. The molecule has 20 heavy (non-hydrogen) atoms. The summed E-state index contributed by atoms with van der Waals surface area (Å²) in [6, 6.07) is 4.28. The number of nitrogen functional groups attached to an aromatic ring is 1. The number of carbonyl (C=O) groups is 1. The summed E-state index contributed by atoms with van der Waals surface area (Å²) in [6.45, 7) is 1.73. The number of nitro benzene ring substituents is 1. The molecule has 4 N–H and O–H groups in total. The van der Waals surface area contributed by atoms with Crippen LogP contribution in [0.3, 0.4) is 0 Å². The predicted molar refractivity (Wildman–Crippen MR) is 77.8 cm³/mol. The molecule has 1 unspecified atom stereocenters. The molecule has 7 nitrogen and oxygen atoms in total. The minimum absolute atomic E-state index is 0. The monoisotopic (exact) mass is 300 g/mol. The van der Waals surface area contributed by atoms with Gasteiger partial charge in [-0.05, 0) is 24.9 Å². The molecule has 1 aliphatic rings. The van der Waals surface area contributed by atoms with Crippen LogP contribution in [0.25, 0.3) is 0 Å². The number of likely N-dealkylation sites (tertiary alicyclic amines) is 1. The number of nitrogens with zero attached hydrogens (tertiary/aromatic N) is 2. The summed E-state index contributed by atoms with van der Waals surface area (Å²) in [7, 11) is 0. The van der Waals surface area contributed by atoms with Crippen LogP contribution in [-0.2, 0) is 0 Å². The van der Waals surface area contributed by atoms with Crippen molar-refractivity contribution >= 4 is 29.7 Å². The van der Waals surface area contributed by atoms with Crippen LogP contribution in [0.4, 0.5) is 11.4 Å². The van der Waals surface area contributed by atoms with Crippen molar-refractivity contribution in [3.8, 4) is 0 Å². The van der Waals surface area contributed by atoms with Crippen molar-refractivity contribution < 1.29 is 9.72 Å². The Kier molecular flexibility index (Phi) is 5.29. The highest BCUT2D eigenvalue weighted by Gasteiger charge is 2.28. The van der Waals surface area contributed by atoms with Crippen molar-refractivity contribution in [2.75, 3.05) is 25.4 Å². The molecule has 2 rings (SSSR count). The van der Waals surface area contributed by atoms with Gasteiger partial charge >= 0.3 is 0 Å². The van der Waals surface area contributed by atoms with Crippen molar-refractivity contribution in [1.82, 2.24) is 4.90 Å². The van der Waals surface area contributed by atoms with Gasteiger partial charge in [-0.1, -0.05) is 6.07 Å². The van der Waals surface area contributed by atoms with Crippen molar-refractivity contribution in [3.63, 3.8) is 0 Å². The minimum Gasteiger partial charge on any atom is -0.393 e. The summed E-state index contributed by atoms with van der Waals surface area (Å²) < 4.78 is 0. The smallest absolute Gasteiger partial charge is 0.292 e. The van der Waals surface area contributed by atoms with E-state index in [9.17, 15) is 14.9 Å². The molecule has 8 heteroatoms. The Morgan fingerprint density at radius 2 is 2.20 bits per heavy atom. The number of nitro groups is 1. The average molecular weight is 301 g/mol. The Hall–Kier alpha value is -1.86. The lowest BCUT2D eigenvalue weighted by Crippen LogP contribution is -2.30. The highest BCUT2D eigenvalue weighted by atomic mass is 35.5. The maximum absolute atomic E-state index is 12.3. The van der Waals surface area contributed by atoms with Crippen molar-refractivity contribution in [1.29, 1.82) is 0 Å². The van der Waals surface area contributed by atoms with Crippen molar-refractivity contribution in [2.24, 2.45) is 11.7 Å². The molecule has 1 fully saturated rings. The highest BCUT2D eigenvalue weighted by molar-refractivity contribution is 6.01. The van der Waals surface area contributed by atoms with E-state index in [1.807, 2.05) is 0 Å². The fourth-order valence-electron chi connectivity index (χ4n) is 2.28. The van der Waals surface area contributed by atoms with Crippen LogP contribution in [0.5, 0.6) is 0 Å². The normalized spacial score (nSPS) is 17.6. The fraction of sp³-hybridized carbons (Fsp3) is 0.417. The molecule has 1 saturated heterocycles.